The van der Waals surface area contributed by atoms with Crippen molar-refractivity contribution in [2.45, 2.75) is 25.9 Å². The van der Waals surface area contributed by atoms with Crippen LogP contribution in [0.5, 0.6) is 5.75 Å². The Morgan fingerprint density at radius 3 is 2.76 bits per heavy atom. The first kappa shape index (κ1) is 21.4. The van der Waals surface area contributed by atoms with Gasteiger partial charge in [0, 0.05) is 22.0 Å². The van der Waals surface area contributed by atoms with E-state index in [1.807, 2.05) is 80.6 Å². The highest BCUT2D eigenvalue weighted by molar-refractivity contribution is 5.93. The number of primary amides is 1. The lowest BCUT2D eigenvalue weighted by Crippen LogP contribution is -2.34. The van der Waals surface area contributed by atoms with E-state index in [2.05, 4.69) is 15.5 Å². The van der Waals surface area contributed by atoms with Crippen molar-refractivity contribution in [1.29, 1.82) is 0 Å². The molecule has 0 saturated carbocycles. The number of para-hydroxylation sites is 1. The molecule has 2 aromatic heterocycles. The predicted molar refractivity (Wildman–Crippen MR) is 133 cm³/mol. The van der Waals surface area contributed by atoms with Gasteiger partial charge in [0.15, 0.2) is 5.82 Å². The minimum atomic E-state index is -0.729. The van der Waals surface area contributed by atoms with Gasteiger partial charge in [-0.15, -0.1) is 0 Å². The second kappa shape index (κ2) is 8.47. The maximum atomic E-state index is 11.4. The number of benzene rings is 3. The second-order valence-corrected chi connectivity index (χ2v) is 8.74. The summed E-state index contributed by atoms with van der Waals surface area (Å²) in [6.45, 7) is 3.66. The molecule has 0 aliphatic heterocycles. The van der Waals surface area contributed by atoms with Gasteiger partial charge in [0.2, 0.25) is 5.91 Å². The average Bonchev–Trinajstić information content (AvgIpc) is 3.26. The minimum Gasteiger partial charge on any atom is -0.487 e. The average molecular weight is 453 g/mol. The number of carbonyl (C=O) groups excluding carboxylic acids is 1. The molecule has 0 aliphatic rings. The quantitative estimate of drug-likeness (QED) is 0.321. The molecule has 34 heavy (non-hydrogen) atoms. The SMILES string of the molecule is CC(C)(CC(N)=O)Oc1cccc(-c2nc(Nc3ccc4[nH]ncc4c3)c3ccccc3n2)c1. The van der Waals surface area contributed by atoms with Crippen LogP contribution in [0.2, 0.25) is 0 Å². The number of hydrogen-bond donors (Lipinski definition) is 3. The van der Waals surface area contributed by atoms with E-state index in [1.54, 1.807) is 6.20 Å². The summed E-state index contributed by atoms with van der Waals surface area (Å²) in [5.74, 6) is 1.45. The molecule has 0 aliphatic carbocycles. The summed E-state index contributed by atoms with van der Waals surface area (Å²) in [6.07, 6.45) is 1.90. The van der Waals surface area contributed by atoms with E-state index in [-0.39, 0.29) is 6.42 Å². The fourth-order valence-corrected chi connectivity index (χ4v) is 3.93. The smallest absolute Gasteiger partial charge is 0.221 e. The number of aromatic amines is 1. The van der Waals surface area contributed by atoms with E-state index >= 15 is 0 Å². The number of nitrogens with two attached hydrogens (primary N) is 1. The molecule has 0 unspecified atom stereocenters. The summed E-state index contributed by atoms with van der Waals surface area (Å²) < 4.78 is 6.04. The summed E-state index contributed by atoms with van der Waals surface area (Å²) in [6, 6.07) is 21.4. The first-order chi connectivity index (χ1) is 16.4. The maximum absolute atomic E-state index is 11.4. The van der Waals surface area contributed by atoms with Crippen LogP contribution in [0.4, 0.5) is 11.5 Å². The number of nitrogens with one attached hydrogen (secondary N) is 2. The molecule has 0 saturated heterocycles. The number of H-pyrrole nitrogens is 1. The summed E-state index contributed by atoms with van der Waals surface area (Å²) in [5.41, 5.74) is 8.11. The van der Waals surface area contributed by atoms with Crippen molar-refractivity contribution in [2.75, 3.05) is 5.32 Å². The summed E-state index contributed by atoms with van der Waals surface area (Å²) in [5, 5.41) is 12.4. The Morgan fingerprint density at radius 2 is 1.91 bits per heavy atom. The van der Waals surface area contributed by atoms with Crippen molar-refractivity contribution in [3.05, 3.63) is 72.9 Å². The number of aromatic nitrogens is 4. The van der Waals surface area contributed by atoms with Gasteiger partial charge < -0.3 is 15.8 Å². The van der Waals surface area contributed by atoms with Crippen molar-refractivity contribution >= 4 is 39.2 Å². The number of nitrogens with zero attached hydrogens (tertiary/aromatic N) is 3. The number of carbonyl (C=O) groups is 1. The van der Waals surface area contributed by atoms with Crippen LogP contribution in [0.15, 0.2) is 72.9 Å². The summed E-state index contributed by atoms with van der Waals surface area (Å²) in [4.78, 5) is 21.0. The fourth-order valence-electron chi connectivity index (χ4n) is 3.93. The van der Waals surface area contributed by atoms with Crippen LogP contribution in [0.25, 0.3) is 33.2 Å². The molecule has 5 rings (SSSR count). The van der Waals surface area contributed by atoms with Crippen LogP contribution in [-0.2, 0) is 4.79 Å². The zero-order chi connectivity index (χ0) is 23.7. The molecule has 0 atom stereocenters. The lowest BCUT2D eigenvalue weighted by atomic mass is 10.0. The largest absolute Gasteiger partial charge is 0.487 e. The van der Waals surface area contributed by atoms with E-state index in [4.69, 9.17) is 20.4 Å². The van der Waals surface area contributed by atoms with Crippen molar-refractivity contribution in [2.24, 2.45) is 5.73 Å². The molecule has 5 aromatic rings. The van der Waals surface area contributed by atoms with Crippen molar-refractivity contribution in [1.82, 2.24) is 20.2 Å². The number of ether oxygens (including phenoxy) is 1. The normalized spacial score (nSPS) is 11.6. The Bertz CT molecular complexity index is 1510. The van der Waals surface area contributed by atoms with Gasteiger partial charge in [0.25, 0.3) is 0 Å². The topological polar surface area (TPSA) is 119 Å². The second-order valence-electron chi connectivity index (χ2n) is 8.74. The van der Waals surface area contributed by atoms with Crippen LogP contribution < -0.4 is 15.8 Å². The van der Waals surface area contributed by atoms with E-state index in [9.17, 15) is 4.79 Å². The van der Waals surface area contributed by atoms with Crippen molar-refractivity contribution < 1.29 is 9.53 Å². The molecule has 4 N–H and O–H groups in total. The predicted octanol–water partition coefficient (Wildman–Crippen LogP) is 4.95. The summed E-state index contributed by atoms with van der Waals surface area (Å²) in [7, 11) is 0. The molecule has 8 nitrogen and oxygen atoms in total. The van der Waals surface area contributed by atoms with E-state index in [0.717, 1.165) is 33.1 Å². The number of anilines is 2. The van der Waals surface area contributed by atoms with Crippen LogP contribution in [0.3, 0.4) is 0 Å². The molecule has 8 heteroatoms. The molecule has 3 aromatic carbocycles. The third kappa shape index (κ3) is 4.52. The maximum Gasteiger partial charge on any atom is 0.221 e. The highest BCUT2D eigenvalue weighted by Crippen LogP contribution is 2.30. The molecule has 1 amide bonds. The van der Waals surface area contributed by atoms with Crippen LogP contribution in [0, 0.1) is 0 Å². The molecule has 170 valence electrons. The van der Waals surface area contributed by atoms with Crippen molar-refractivity contribution in [3.8, 4) is 17.1 Å². The lowest BCUT2D eigenvalue weighted by Gasteiger charge is -2.25. The third-order valence-electron chi connectivity index (χ3n) is 5.39. The number of hydrogen-bond acceptors (Lipinski definition) is 6. The Labute approximate surface area is 196 Å². The van der Waals surface area contributed by atoms with Crippen LogP contribution in [0.1, 0.15) is 20.3 Å². The van der Waals surface area contributed by atoms with Gasteiger partial charge >= 0.3 is 0 Å². The first-order valence-corrected chi connectivity index (χ1v) is 10.9. The van der Waals surface area contributed by atoms with E-state index in [1.165, 1.54) is 0 Å². The van der Waals surface area contributed by atoms with Gasteiger partial charge in [-0.05, 0) is 56.3 Å². The molecule has 0 radical (unpaired) electrons. The van der Waals surface area contributed by atoms with E-state index < -0.39 is 11.5 Å². The lowest BCUT2D eigenvalue weighted by molar-refractivity contribution is -0.121. The van der Waals surface area contributed by atoms with Gasteiger partial charge in [-0.3, -0.25) is 9.89 Å². The summed E-state index contributed by atoms with van der Waals surface area (Å²) >= 11 is 0. The van der Waals surface area contributed by atoms with E-state index in [0.29, 0.717) is 17.4 Å². The standard InChI is InChI=1S/C26H24N6O2/c1-26(2,14-23(27)33)34-19-7-5-6-16(13-19)24-30-22-9-4-3-8-20(22)25(31-24)29-18-10-11-21-17(12-18)15-28-32-21/h3-13,15H,14H2,1-2H3,(H2,27,33)(H,28,32)(H,29,30,31). The van der Waals surface area contributed by atoms with Gasteiger partial charge in [-0.2, -0.15) is 5.10 Å². The monoisotopic (exact) mass is 452 g/mol. The Kier molecular flexibility index (Phi) is 5.33. The highest BCUT2D eigenvalue weighted by Gasteiger charge is 2.23. The van der Waals surface area contributed by atoms with Gasteiger partial charge in [0.1, 0.15) is 17.2 Å². The minimum absolute atomic E-state index is 0.110. The Morgan fingerprint density at radius 1 is 1.06 bits per heavy atom. The molecule has 0 bridgehead atoms. The number of rotatable bonds is 7. The molecule has 0 spiro atoms. The zero-order valence-electron chi connectivity index (χ0n) is 18.9. The molecule has 2 heterocycles. The third-order valence-corrected chi connectivity index (χ3v) is 5.39. The number of amides is 1. The first-order valence-electron chi connectivity index (χ1n) is 10.9. The Balaban J connectivity index is 1.52. The number of fused-ring (bicyclic) bond motifs is 2. The van der Waals surface area contributed by atoms with Gasteiger partial charge in [-0.1, -0.05) is 24.3 Å². The molecular weight excluding hydrogens is 428 g/mol. The van der Waals surface area contributed by atoms with Crippen LogP contribution in [-0.4, -0.2) is 31.7 Å². The van der Waals surface area contributed by atoms with Gasteiger partial charge in [-0.25, -0.2) is 9.97 Å². The Hall–Kier alpha value is -4.46. The van der Waals surface area contributed by atoms with Crippen molar-refractivity contribution in [3.63, 3.8) is 0 Å². The highest BCUT2D eigenvalue weighted by atomic mass is 16.5. The fraction of sp³-hybridized carbons (Fsp3) is 0.154. The van der Waals surface area contributed by atoms with Crippen LogP contribution >= 0.6 is 0 Å². The van der Waals surface area contributed by atoms with Gasteiger partial charge in [0.05, 0.1) is 23.7 Å². The zero-order valence-corrected chi connectivity index (χ0v) is 18.9. The molecular formula is C26H24N6O2. The molecule has 0 fully saturated rings.